The van der Waals surface area contributed by atoms with Gasteiger partial charge in [0.2, 0.25) is 5.91 Å². The Morgan fingerprint density at radius 1 is 1.16 bits per heavy atom. The maximum Gasteiger partial charge on any atom is 0.296 e. The maximum atomic E-state index is 12.3. The zero-order chi connectivity index (χ0) is 22.7. The molecule has 2 aromatic heterocycles. The molecule has 1 aliphatic rings. The summed E-state index contributed by atoms with van der Waals surface area (Å²) in [5.41, 5.74) is 6.21. The number of fused-ring (bicyclic) bond motifs is 1. The summed E-state index contributed by atoms with van der Waals surface area (Å²) in [5.74, 6) is 0.394. The number of rotatable bonds is 7. The van der Waals surface area contributed by atoms with Crippen LogP contribution in [0, 0.1) is 5.92 Å². The number of primary amides is 1. The molecule has 1 atom stereocenters. The molecular formula is C23H27N5O4. The zero-order valence-corrected chi connectivity index (χ0v) is 18.2. The number of aromatic nitrogens is 2. The summed E-state index contributed by atoms with van der Waals surface area (Å²) < 4.78 is 11.7. The molecule has 1 fully saturated rings. The Balaban J connectivity index is 1.55. The average molecular weight is 438 g/mol. The van der Waals surface area contributed by atoms with Gasteiger partial charge in [0, 0.05) is 25.4 Å². The van der Waals surface area contributed by atoms with Gasteiger partial charge in [0.15, 0.2) is 5.58 Å². The van der Waals surface area contributed by atoms with Crippen molar-refractivity contribution in [2.75, 3.05) is 12.4 Å². The molecule has 9 nitrogen and oxygen atoms in total. The summed E-state index contributed by atoms with van der Waals surface area (Å²) in [6.45, 7) is 1.82. The van der Waals surface area contributed by atoms with Gasteiger partial charge in [0.05, 0.1) is 0 Å². The topological polar surface area (TPSA) is 132 Å². The van der Waals surface area contributed by atoms with E-state index >= 15 is 0 Å². The summed E-state index contributed by atoms with van der Waals surface area (Å²) >= 11 is 0. The number of nitrogens with two attached hydrogens (primary N) is 1. The first-order valence-electron chi connectivity index (χ1n) is 10.7. The molecule has 2 heterocycles. The lowest BCUT2D eigenvalue weighted by atomic mass is 9.75. The third-order valence-corrected chi connectivity index (χ3v) is 6.09. The van der Waals surface area contributed by atoms with E-state index in [9.17, 15) is 9.59 Å². The Morgan fingerprint density at radius 2 is 1.91 bits per heavy atom. The third kappa shape index (κ3) is 4.37. The Kier molecular flexibility index (Phi) is 5.98. The number of nitrogens with zero attached hydrogens (tertiary/aromatic N) is 2. The normalized spacial score (nSPS) is 16.3. The molecule has 0 aliphatic heterocycles. The van der Waals surface area contributed by atoms with Crippen LogP contribution in [0.3, 0.4) is 0 Å². The number of benzene rings is 1. The maximum absolute atomic E-state index is 12.3. The second-order valence-corrected chi connectivity index (χ2v) is 8.23. The fourth-order valence-electron chi connectivity index (χ4n) is 4.15. The number of amides is 2. The Labute approximate surface area is 185 Å². The van der Waals surface area contributed by atoms with Gasteiger partial charge < -0.3 is 25.5 Å². The van der Waals surface area contributed by atoms with Crippen molar-refractivity contribution < 1.29 is 18.7 Å². The fraction of sp³-hybridized carbons (Fsp3) is 0.391. The lowest BCUT2D eigenvalue weighted by molar-refractivity contribution is -0.123. The average Bonchev–Trinajstić information content (AvgIpc) is 3.20. The van der Waals surface area contributed by atoms with Gasteiger partial charge in [0.25, 0.3) is 11.9 Å². The van der Waals surface area contributed by atoms with Gasteiger partial charge in [-0.15, -0.1) is 0 Å². The van der Waals surface area contributed by atoms with Crippen molar-refractivity contribution in [3.8, 4) is 11.5 Å². The molecule has 1 saturated carbocycles. The van der Waals surface area contributed by atoms with Crippen molar-refractivity contribution in [2.24, 2.45) is 11.7 Å². The van der Waals surface area contributed by atoms with Crippen LogP contribution in [0.5, 0.6) is 11.5 Å². The predicted octanol–water partition coefficient (Wildman–Crippen LogP) is 3.61. The van der Waals surface area contributed by atoms with E-state index in [1.165, 1.54) is 12.6 Å². The van der Waals surface area contributed by atoms with Crippen LogP contribution < -0.4 is 21.1 Å². The molecule has 2 amide bonds. The monoisotopic (exact) mass is 437 g/mol. The molecule has 1 aromatic carbocycles. The van der Waals surface area contributed by atoms with E-state index in [0.29, 0.717) is 22.6 Å². The van der Waals surface area contributed by atoms with Crippen LogP contribution in [0.15, 0.2) is 40.9 Å². The van der Waals surface area contributed by atoms with E-state index < -0.39 is 11.4 Å². The van der Waals surface area contributed by atoms with E-state index in [1.54, 1.807) is 37.4 Å². The van der Waals surface area contributed by atoms with E-state index in [4.69, 9.17) is 14.9 Å². The lowest BCUT2D eigenvalue weighted by Crippen LogP contribution is -2.54. The van der Waals surface area contributed by atoms with Crippen molar-refractivity contribution in [2.45, 2.75) is 44.6 Å². The number of pyridine rings is 1. The number of oxazole rings is 1. The van der Waals surface area contributed by atoms with Crippen molar-refractivity contribution in [3.63, 3.8) is 0 Å². The molecule has 0 unspecified atom stereocenters. The number of nitrogens with one attached hydrogen (secondary N) is 2. The predicted molar refractivity (Wildman–Crippen MR) is 120 cm³/mol. The highest BCUT2D eigenvalue weighted by Gasteiger charge is 2.41. The fourth-order valence-corrected chi connectivity index (χ4v) is 4.15. The summed E-state index contributed by atoms with van der Waals surface area (Å²) in [4.78, 5) is 32.6. The van der Waals surface area contributed by atoms with Crippen molar-refractivity contribution in [3.05, 3.63) is 42.2 Å². The van der Waals surface area contributed by atoms with E-state index in [1.807, 2.05) is 6.92 Å². The number of anilines is 1. The zero-order valence-electron chi connectivity index (χ0n) is 18.2. The molecule has 0 bridgehead atoms. The van der Waals surface area contributed by atoms with Crippen LogP contribution >= 0.6 is 0 Å². The number of hydrogen-bond acceptors (Lipinski definition) is 7. The first-order valence-corrected chi connectivity index (χ1v) is 10.7. The first-order chi connectivity index (χ1) is 15.4. The third-order valence-electron chi connectivity index (χ3n) is 6.09. The number of hydrogen-bond donors (Lipinski definition) is 3. The molecule has 0 radical (unpaired) electrons. The molecule has 0 saturated heterocycles. The van der Waals surface area contributed by atoms with Crippen molar-refractivity contribution >= 4 is 28.9 Å². The summed E-state index contributed by atoms with van der Waals surface area (Å²) in [6, 6.07) is 8.68. The highest BCUT2D eigenvalue weighted by molar-refractivity contribution is 5.92. The number of carbonyl (C=O) groups is 2. The van der Waals surface area contributed by atoms with Gasteiger partial charge in [-0.25, -0.2) is 0 Å². The van der Waals surface area contributed by atoms with Crippen LogP contribution in [-0.4, -0.2) is 34.4 Å². The summed E-state index contributed by atoms with van der Waals surface area (Å²) in [6.07, 6.45) is 6.73. The minimum atomic E-state index is -0.937. The molecular weight excluding hydrogens is 410 g/mol. The Hall–Kier alpha value is -3.62. The summed E-state index contributed by atoms with van der Waals surface area (Å²) in [5, 5.41) is 5.69. The first kappa shape index (κ1) is 21.6. The summed E-state index contributed by atoms with van der Waals surface area (Å²) in [7, 11) is 1.54. The van der Waals surface area contributed by atoms with Gasteiger partial charge in [-0.2, -0.15) is 4.98 Å². The molecule has 32 heavy (non-hydrogen) atoms. The standard InChI is InChI=1S/C23H27N5O4/c1-23(21(24)30,14-6-4-3-5-7-14)28-22-27-17-9-8-15(13-19(17)32-22)31-16-10-11-26-18(12-16)20(29)25-2/h8-14H,3-7H2,1-2H3,(H2,24,30)(H,25,29)(H,27,28)/t23-/m1/s1. The van der Waals surface area contributed by atoms with Crippen LogP contribution in [0.2, 0.25) is 0 Å². The number of ether oxygens (including phenoxy) is 1. The number of carbonyl (C=O) groups excluding carboxylic acids is 2. The van der Waals surface area contributed by atoms with Crippen LogP contribution in [-0.2, 0) is 4.79 Å². The van der Waals surface area contributed by atoms with E-state index in [-0.39, 0.29) is 23.5 Å². The van der Waals surface area contributed by atoms with E-state index in [2.05, 4.69) is 20.6 Å². The largest absolute Gasteiger partial charge is 0.457 e. The molecule has 3 aromatic rings. The van der Waals surface area contributed by atoms with Gasteiger partial charge in [-0.1, -0.05) is 19.3 Å². The van der Waals surface area contributed by atoms with Crippen molar-refractivity contribution in [1.29, 1.82) is 0 Å². The quantitative estimate of drug-likeness (QED) is 0.514. The molecule has 4 rings (SSSR count). The molecule has 9 heteroatoms. The lowest BCUT2D eigenvalue weighted by Gasteiger charge is -2.37. The van der Waals surface area contributed by atoms with Gasteiger partial charge in [0.1, 0.15) is 28.2 Å². The minimum absolute atomic E-state index is 0.129. The van der Waals surface area contributed by atoms with Crippen molar-refractivity contribution in [1.82, 2.24) is 15.3 Å². The van der Waals surface area contributed by atoms with Gasteiger partial charge in [-0.05, 0) is 43.9 Å². The Bertz CT molecular complexity index is 1140. The van der Waals surface area contributed by atoms with Crippen LogP contribution in [0.4, 0.5) is 6.01 Å². The highest BCUT2D eigenvalue weighted by atomic mass is 16.5. The molecule has 4 N–H and O–H groups in total. The molecule has 168 valence electrons. The SMILES string of the molecule is CNC(=O)c1cc(Oc2ccc3nc(N[C@@](C)(C(N)=O)C4CCCCC4)oc3c2)ccn1. The highest BCUT2D eigenvalue weighted by Crippen LogP contribution is 2.36. The second-order valence-electron chi connectivity index (χ2n) is 8.23. The minimum Gasteiger partial charge on any atom is -0.457 e. The smallest absolute Gasteiger partial charge is 0.296 e. The van der Waals surface area contributed by atoms with E-state index in [0.717, 1.165) is 25.7 Å². The van der Waals surface area contributed by atoms with Gasteiger partial charge in [-0.3, -0.25) is 14.6 Å². The van der Waals surface area contributed by atoms with Crippen LogP contribution in [0.1, 0.15) is 49.5 Å². The second kappa shape index (κ2) is 8.86. The van der Waals surface area contributed by atoms with Gasteiger partial charge >= 0.3 is 0 Å². The molecule has 1 aliphatic carbocycles. The Morgan fingerprint density at radius 3 is 2.62 bits per heavy atom. The molecule has 0 spiro atoms. The van der Waals surface area contributed by atoms with Crippen LogP contribution in [0.25, 0.3) is 11.1 Å².